The number of carbonyl (C=O) groups excluding carboxylic acids is 2. The number of nitrogens with zero attached hydrogens (tertiary/aromatic N) is 2. The van der Waals surface area contributed by atoms with Gasteiger partial charge in [0.15, 0.2) is 0 Å². The third kappa shape index (κ3) is 2.60. The van der Waals surface area contributed by atoms with Crippen LogP contribution in [0, 0.1) is 5.92 Å². The Morgan fingerprint density at radius 2 is 2.24 bits per heavy atom. The fourth-order valence-corrected chi connectivity index (χ4v) is 2.71. The summed E-state index contributed by atoms with van der Waals surface area (Å²) in [6.07, 6.45) is 2.35. The van der Waals surface area contributed by atoms with E-state index < -0.39 is 0 Å². The molecule has 0 spiro atoms. The molecule has 17 heavy (non-hydrogen) atoms. The molecule has 0 aromatic heterocycles. The summed E-state index contributed by atoms with van der Waals surface area (Å²) in [5.41, 5.74) is 5.87. The molecule has 2 N–H and O–H groups in total. The third-order valence-corrected chi connectivity index (χ3v) is 3.71. The third-order valence-electron chi connectivity index (χ3n) is 3.71. The lowest BCUT2D eigenvalue weighted by Gasteiger charge is -2.32. The first-order chi connectivity index (χ1) is 8.11. The zero-order valence-electron chi connectivity index (χ0n) is 10.4. The molecule has 2 unspecified atom stereocenters. The molecule has 2 atom stereocenters. The van der Waals surface area contributed by atoms with Gasteiger partial charge in [-0.1, -0.05) is 0 Å². The molecule has 2 fully saturated rings. The van der Waals surface area contributed by atoms with Gasteiger partial charge in [-0.3, -0.25) is 9.59 Å². The van der Waals surface area contributed by atoms with Crippen LogP contribution in [0.3, 0.4) is 0 Å². The molecule has 0 aromatic rings. The molecule has 2 saturated heterocycles. The van der Waals surface area contributed by atoms with Crippen LogP contribution in [-0.2, 0) is 9.59 Å². The Hall–Kier alpha value is -1.10. The summed E-state index contributed by atoms with van der Waals surface area (Å²) in [6.45, 7) is 4.67. The van der Waals surface area contributed by atoms with Crippen molar-refractivity contribution in [2.45, 2.75) is 32.2 Å². The van der Waals surface area contributed by atoms with Gasteiger partial charge in [-0.2, -0.15) is 0 Å². The van der Waals surface area contributed by atoms with Crippen LogP contribution in [0.15, 0.2) is 0 Å². The molecule has 0 radical (unpaired) electrons. The Labute approximate surface area is 102 Å². The van der Waals surface area contributed by atoms with Crippen LogP contribution in [0.2, 0.25) is 0 Å². The van der Waals surface area contributed by atoms with Gasteiger partial charge in [0.1, 0.15) is 0 Å². The predicted molar refractivity (Wildman–Crippen MR) is 64.2 cm³/mol. The first kappa shape index (κ1) is 12.4. The summed E-state index contributed by atoms with van der Waals surface area (Å²) in [4.78, 5) is 27.4. The fraction of sp³-hybridized carbons (Fsp3) is 0.833. The number of rotatable bonds is 2. The molecule has 5 nitrogen and oxygen atoms in total. The van der Waals surface area contributed by atoms with Gasteiger partial charge in [-0.05, 0) is 19.8 Å². The van der Waals surface area contributed by atoms with E-state index in [-0.39, 0.29) is 23.8 Å². The van der Waals surface area contributed by atoms with E-state index in [4.69, 9.17) is 5.73 Å². The molecular formula is C12H21N3O2. The minimum absolute atomic E-state index is 0.104. The van der Waals surface area contributed by atoms with Crippen LogP contribution < -0.4 is 5.73 Å². The van der Waals surface area contributed by atoms with Crippen molar-refractivity contribution in [2.75, 3.05) is 26.2 Å². The molecular weight excluding hydrogens is 218 g/mol. The summed E-state index contributed by atoms with van der Waals surface area (Å²) >= 11 is 0. The van der Waals surface area contributed by atoms with Gasteiger partial charge in [0.2, 0.25) is 11.8 Å². The minimum atomic E-state index is -0.146. The summed E-state index contributed by atoms with van der Waals surface area (Å²) in [7, 11) is 0. The standard InChI is InChI=1S/C12H21N3O2/c1-2-14-7-9(6-11(14)16)12(17)15-5-3-4-10(13)8-15/h9-10H,2-8,13H2,1H3. The van der Waals surface area contributed by atoms with Crippen LogP contribution in [0.4, 0.5) is 0 Å². The monoisotopic (exact) mass is 239 g/mol. The highest BCUT2D eigenvalue weighted by atomic mass is 16.2. The van der Waals surface area contributed by atoms with Gasteiger partial charge in [-0.25, -0.2) is 0 Å². The Kier molecular flexibility index (Phi) is 3.66. The number of likely N-dealkylation sites (tertiary alicyclic amines) is 2. The Morgan fingerprint density at radius 3 is 2.82 bits per heavy atom. The largest absolute Gasteiger partial charge is 0.342 e. The zero-order valence-corrected chi connectivity index (χ0v) is 10.4. The average molecular weight is 239 g/mol. The number of hydrogen-bond donors (Lipinski definition) is 1. The molecule has 2 heterocycles. The Bertz CT molecular complexity index is 319. The van der Waals surface area contributed by atoms with Crippen molar-refractivity contribution in [3.05, 3.63) is 0 Å². The van der Waals surface area contributed by atoms with E-state index in [2.05, 4.69) is 0 Å². The molecule has 2 amide bonds. The Morgan fingerprint density at radius 1 is 1.47 bits per heavy atom. The summed E-state index contributed by atoms with van der Waals surface area (Å²) < 4.78 is 0. The zero-order chi connectivity index (χ0) is 12.4. The Balaban J connectivity index is 1.94. The highest BCUT2D eigenvalue weighted by Gasteiger charge is 2.36. The van der Waals surface area contributed by atoms with E-state index in [1.54, 1.807) is 4.90 Å². The smallest absolute Gasteiger partial charge is 0.228 e. The number of nitrogens with two attached hydrogens (primary N) is 1. The molecule has 96 valence electrons. The van der Waals surface area contributed by atoms with Gasteiger partial charge in [0.05, 0.1) is 5.92 Å². The van der Waals surface area contributed by atoms with Crippen molar-refractivity contribution in [1.82, 2.24) is 9.80 Å². The fourth-order valence-electron chi connectivity index (χ4n) is 2.71. The SMILES string of the molecule is CCN1CC(C(=O)N2CCCC(N)C2)CC1=O. The summed E-state index contributed by atoms with van der Waals surface area (Å²) in [5, 5.41) is 0. The van der Waals surface area contributed by atoms with Gasteiger partial charge < -0.3 is 15.5 Å². The number of carbonyl (C=O) groups is 2. The van der Waals surface area contributed by atoms with E-state index in [9.17, 15) is 9.59 Å². The summed E-state index contributed by atoms with van der Waals surface area (Å²) in [5.74, 6) is 0.0735. The lowest BCUT2D eigenvalue weighted by atomic mass is 10.0. The number of amides is 2. The maximum absolute atomic E-state index is 12.2. The van der Waals surface area contributed by atoms with Gasteiger partial charge in [0, 0.05) is 38.6 Å². The lowest BCUT2D eigenvalue weighted by molar-refractivity contribution is -0.137. The molecule has 2 aliphatic heterocycles. The van der Waals surface area contributed by atoms with E-state index in [1.807, 2.05) is 11.8 Å². The molecule has 0 saturated carbocycles. The minimum Gasteiger partial charge on any atom is -0.342 e. The molecule has 2 aliphatic rings. The van der Waals surface area contributed by atoms with Crippen molar-refractivity contribution in [3.8, 4) is 0 Å². The molecule has 0 bridgehead atoms. The second-order valence-electron chi connectivity index (χ2n) is 5.02. The predicted octanol–water partition coefficient (Wildman–Crippen LogP) is -0.195. The molecule has 2 rings (SSSR count). The quantitative estimate of drug-likeness (QED) is 0.726. The maximum Gasteiger partial charge on any atom is 0.228 e. The normalized spacial score (nSPS) is 29.9. The van der Waals surface area contributed by atoms with Crippen LogP contribution in [0.1, 0.15) is 26.2 Å². The maximum atomic E-state index is 12.2. The van der Waals surface area contributed by atoms with Crippen LogP contribution in [-0.4, -0.2) is 53.8 Å². The van der Waals surface area contributed by atoms with Crippen LogP contribution in [0.5, 0.6) is 0 Å². The van der Waals surface area contributed by atoms with E-state index in [0.29, 0.717) is 26.1 Å². The highest BCUT2D eigenvalue weighted by Crippen LogP contribution is 2.21. The number of hydrogen-bond acceptors (Lipinski definition) is 3. The molecule has 0 aliphatic carbocycles. The first-order valence-electron chi connectivity index (χ1n) is 6.44. The van der Waals surface area contributed by atoms with Crippen LogP contribution in [0.25, 0.3) is 0 Å². The van der Waals surface area contributed by atoms with E-state index in [1.165, 1.54) is 0 Å². The van der Waals surface area contributed by atoms with Gasteiger partial charge >= 0.3 is 0 Å². The highest BCUT2D eigenvalue weighted by molar-refractivity contribution is 5.89. The van der Waals surface area contributed by atoms with Crippen molar-refractivity contribution >= 4 is 11.8 Å². The van der Waals surface area contributed by atoms with E-state index >= 15 is 0 Å². The molecule has 5 heteroatoms. The van der Waals surface area contributed by atoms with Crippen molar-refractivity contribution < 1.29 is 9.59 Å². The van der Waals surface area contributed by atoms with Crippen molar-refractivity contribution in [3.63, 3.8) is 0 Å². The number of piperidine rings is 1. The van der Waals surface area contributed by atoms with Gasteiger partial charge in [-0.15, -0.1) is 0 Å². The first-order valence-corrected chi connectivity index (χ1v) is 6.44. The van der Waals surface area contributed by atoms with Crippen molar-refractivity contribution in [1.29, 1.82) is 0 Å². The second kappa shape index (κ2) is 5.04. The van der Waals surface area contributed by atoms with E-state index in [0.717, 1.165) is 19.4 Å². The average Bonchev–Trinajstić information content (AvgIpc) is 2.69. The lowest BCUT2D eigenvalue weighted by Crippen LogP contribution is -2.48. The second-order valence-corrected chi connectivity index (χ2v) is 5.02. The van der Waals surface area contributed by atoms with Gasteiger partial charge in [0.25, 0.3) is 0 Å². The molecule has 0 aromatic carbocycles. The van der Waals surface area contributed by atoms with Crippen LogP contribution >= 0.6 is 0 Å². The summed E-state index contributed by atoms with van der Waals surface area (Å²) in [6, 6.07) is 0.104. The topological polar surface area (TPSA) is 66.6 Å². The van der Waals surface area contributed by atoms with Crippen molar-refractivity contribution in [2.24, 2.45) is 11.7 Å².